The molecule has 1 aromatic rings. The molecule has 2 heterocycles. The normalized spacial score (nSPS) is 23.6. The van der Waals surface area contributed by atoms with Crippen LogP contribution in [0.5, 0.6) is 0 Å². The van der Waals surface area contributed by atoms with Crippen molar-refractivity contribution in [2.75, 3.05) is 45.9 Å². The molecule has 1 atom stereocenters. The fourth-order valence-corrected chi connectivity index (χ4v) is 3.48. The van der Waals surface area contributed by atoms with Gasteiger partial charge in [0.1, 0.15) is 0 Å². The van der Waals surface area contributed by atoms with Gasteiger partial charge in [-0.05, 0) is 24.8 Å². The molecular weight excluding hydrogens is 337 g/mol. The van der Waals surface area contributed by atoms with Crippen molar-refractivity contribution in [1.82, 2.24) is 15.1 Å². The van der Waals surface area contributed by atoms with E-state index in [2.05, 4.69) is 5.32 Å². The number of piperidine rings is 1. The molecule has 2 aliphatic rings. The van der Waals surface area contributed by atoms with Gasteiger partial charge in [0.25, 0.3) is 5.91 Å². The Morgan fingerprint density at radius 1 is 1.12 bits per heavy atom. The summed E-state index contributed by atoms with van der Waals surface area (Å²) in [7, 11) is 0. The van der Waals surface area contributed by atoms with Gasteiger partial charge >= 0.3 is 6.03 Å². The van der Waals surface area contributed by atoms with Gasteiger partial charge in [0, 0.05) is 26.2 Å². The highest BCUT2D eigenvalue weighted by molar-refractivity contribution is 5.86. The summed E-state index contributed by atoms with van der Waals surface area (Å²) < 4.78 is 20.5. The van der Waals surface area contributed by atoms with Gasteiger partial charge in [-0.3, -0.25) is 4.79 Å². The number of benzene rings is 1. The predicted molar refractivity (Wildman–Crippen MR) is 95.6 cm³/mol. The van der Waals surface area contributed by atoms with Gasteiger partial charge in [0.2, 0.25) is 5.67 Å². The van der Waals surface area contributed by atoms with E-state index in [0.717, 1.165) is 5.56 Å². The number of halogens is 1. The van der Waals surface area contributed by atoms with Crippen molar-refractivity contribution in [3.05, 3.63) is 35.9 Å². The molecule has 0 spiro atoms. The number of likely N-dealkylation sites (tertiary alicyclic amines) is 1. The highest BCUT2D eigenvalue weighted by Gasteiger charge is 2.46. The van der Waals surface area contributed by atoms with Gasteiger partial charge in [0.15, 0.2) is 0 Å². The van der Waals surface area contributed by atoms with Crippen LogP contribution in [0.1, 0.15) is 18.4 Å². The smallest absolute Gasteiger partial charge is 0.317 e. The van der Waals surface area contributed by atoms with E-state index in [9.17, 15) is 9.59 Å². The molecule has 0 radical (unpaired) electrons. The van der Waals surface area contributed by atoms with E-state index in [1.807, 2.05) is 30.3 Å². The van der Waals surface area contributed by atoms with E-state index in [1.165, 1.54) is 9.80 Å². The Morgan fingerprint density at radius 3 is 2.58 bits per heavy atom. The minimum absolute atomic E-state index is 0.164. The number of ether oxygens (including phenoxy) is 1. The zero-order valence-electron chi connectivity index (χ0n) is 15.0. The van der Waals surface area contributed by atoms with Crippen molar-refractivity contribution >= 4 is 11.9 Å². The van der Waals surface area contributed by atoms with E-state index in [0.29, 0.717) is 52.2 Å². The van der Waals surface area contributed by atoms with Crippen LogP contribution in [0.4, 0.5) is 9.18 Å². The quantitative estimate of drug-likeness (QED) is 0.884. The maximum absolute atomic E-state index is 15.3. The summed E-state index contributed by atoms with van der Waals surface area (Å²) in [5, 5.41) is 2.83. The highest BCUT2D eigenvalue weighted by atomic mass is 19.1. The fraction of sp³-hybridized carbons (Fsp3) is 0.579. The van der Waals surface area contributed by atoms with Crippen LogP contribution in [0.15, 0.2) is 30.3 Å². The number of alkyl halides is 1. The first-order valence-corrected chi connectivity index (χ1v) is 9.21. The van der Waals surface area contributed by atoms with Gasteiger partial charge in [0.05, 0.1) is 19.8 Å². The van der Waals surface area contributed by atoms with Crippen molar-refractivity contribution in [2.24, 2.45) is 0 Å². The number of nitrogens with zero attached hydrogens (tertiary/aromatic N) is 2. The summed E-state index contributed by atoms with van der Waals surface area (Å²) in [4.78, 5) is 27.9. The lowest BCUT2D eigenvalue weighted by Crippen LogP contribution is -2.59. The molecule has 1 aromatic carbocycles. The Morgan fingerprint density at radius 2 is 1.85 bits per heavy atom. The molecule has 6 nitrogen and oxygen atoms in total. The largest absolute Gasteiger partial charge is 0.378 e. The van der Waals surface area contributed by atoms with Crippen LogP contribution >= 0.6 is 0 Å². The molecule has 3 rings (SSSR count). The lowest BCUT2D eigenvalue weighted by atomic mass is 9.93. The first kappa shape index (κ1) is 18.6. The molecule has 0 aromatic heterocycles. The zero-order valence-corrected chi connectivity index (χ0v) is 15.0. The molecule has 2 aliphatic heterocycles. The number of carbonyl (C=O) groups is 2. The Kier molecular flexibility index (Phi) is 6.08. The highest BCUT2D eigenvalue weighted by Crippen LogP contribution is 2.28. The third kappa shape index (κ3) is 4.52. The molecule has 1 N–H and O–H groups in total. The Balaban J connectivity index is 1.51. The van der Waals surface area contributed by atoms with Crippen LogP contribution in [-0.2, 0) is 16.0 Å². The second-order valence-electron chi connectivity index (χ2n) is 6.86. The second kappa shape index (κ2) is 8.49. The number of hydrogen-bond acceptors (Lipinski definition) is 3. The average Bonchev–Trinajstić information content (AvgIpc) is 2.69. The standard InChI is InChI=1S/C19H26FN3O3/c20-19(17(24)22-11-13-26-14-12-22)8-4-10-23(15-19)18(25)21-9-7-16-5-2-1-3-6-16/h1-3,5-6H,4,7-15H2,(H,21,25)/t19-/m0/s1. The van der Waals surface area contributed by atoms with Crippen LogP contribution in [0.3, 0.4) is 0 Å². The lowest BCUT2D eigenvalue weighted by molar-refractivity contribution is -0.151. The summed E-state index contributed by atoms with van der Waals surface area (Å²) in [6.45, 7) is 2.47. The fourth-order valence-electron chi connectivity index (χ4n) is 3.48. The summed E-state index contributed by atoms with van der Waals surface area (Å²) in [5.41, 5.74) is -0.861. The van der Waals surface area contributed by atoms with Gasteiger partial charge in [-0.15, -0.1) is 0 Å². The molecule has 0 aliphatic carbocycles. The summed E-state index contributed by atoms with van der Waals surface area (Å²) in [5.74, 6) is -0.511. The molecule has 0 bridgehead atoms. The minimum Gasteiger partial charge on any atom is -0.378 e. The number of amides is 3. The average molecular weight is 363 g/mol. The van der Waals surface area contributed by atoms with Crippen molar-refractivity contribution in [1.29, 1.82) is 0 Å². The molecule has 0 unspecified atom stereocenters. The molecule has 2 saturated heterocycles. The molecule has 142 valence electrons. The molecule has 26 heavy (non-hydrogen) atoms. The van der Waals surface area contributed by atoms with E-state index in [1.54, 1.807) is 0 Å². The van der Waals surface area contributed by atoms with Gasteiger partial charge in [-0.25, -0.2) is 9.18 Å². The van der Waals surface area contributed by atoms with E-state index < -0.39 is 11.6 Å². The maximum atomic E-state index is 15.3. The van der Waals surface area contributed by atoms with Gasteiger partial charge in [-0.2, -0.15) is 0 Å². The number of carbonyl (C=O) groups excluding carboxylic acids is 2. The number of morpholine rings is 1. The molecule has 2 fully saturated rings. The third-order valence-corrected chi connectivity index (χ3v) is 4.94. The molecular formula is C19H26FN3O3. The Labute approximate surface area is 153 Å². The van der Waals surface area contributed by atoms with Crippen LogP contribution in [-0.4, -0.2) is 73.3 Å². The number of rotatable bonds is 4. The number of nitrogens with one attached hydrogen (secondary N) is 1. The lowest BCUT2D eigenvalue weighted by Gasteiger charge is -2.39. The topological polar surface area (TPSA) is 61.9 Å². The van der Waals surface area contributed by atoms with Crippen LogP contribution in [0.2, 0.25) is 0 Å². The van der Waals surface area contributed by atoms with Crippen molar-refractivity contribution in [3.63, 3.8) is 0 Å². The van der Waals surface area contributed by atoms with E-state index >= 15 is 4.39 Å². The summed E-state index contributed by atoms with van der Waals surface area (Å²) in [6, 6.07) is 9.55. The first-order valence-electron chi connectivity index (χ1n) is 9.21. The molecule has 7 heteroatoms. The van der Waals surface area contributed by atoms with Gasteiger partial charge < -0.3 is 19.9 Å². The van der Waals surface area contributed by atoms with Crippen molar-refractivity contribution < 1.29 is 18.7 Å². The van der Waals surface area contributed by atoms with E-state index in [-0.39, 0.29) is 19.0 Å². The van der Waals surface area contributed by atoms with Crippen LogP contribution < -0.4 is 5.32 Å². The Hall–Kier alpha value is -2.15. The molecule has 0 saturated carbocycles. The number of urea groups is 1. The molecule has 3 amide bonds. The van der Waals surface area contributed by atoms with Crippen molar-refractivity contribution in [3.8, 4) is 0 Å². The zero-order chi connectivity index (χ0) is 18.4. The van der Waals surface area contributed by atoms with Crippen molar-refractivity contribution in [2.45, 2.75) is 24.9 Å². The van der Waals surface area contributed by atoms with Gasteiger partial charge in [-0.1, -0.05) is 30.3 Å². The maximum Gasteiger partial charge on any atom is 0.317 e. The SMILES string of the molecule is O=C(NCCc1ccccc1)N1CCC[C@@](F)(C(=O)N2CCOCC2)C1. The number of hydrogen-bond donors (Lipinski definition) is 1. The van der Waals surface area contributed by atoms with Crippen LogP contribution in [0, 0.1) is 0 Å². The monoisotopic (exact) mass is 363 g/mol. The predicted octanol–water partition coefficient (Wildman–Crippen LogP) is 1.60. The van der Waals surface area contributed by atoms with E-state index in [4.69, 9.17) is 4.74 Å². The third-order valence-electron chi connectivity index (χ3n) is 4.94. The Bertz CT molecular complexity index is 622. The summed E-state index contributed by atoms with van der Waals surface area (Å²) >= 11 is 0. The minimum atomic E-state index is -1.99. The van der Waals surface area contributed by atoms with Crippen LogP contribution in [0.25, 0.3) is 0 Å². The second-order valence-corrected chi connectivity index (χ2v) is 6.86. The summed E-state index contributed by atoms with van der Waals surface area (Å²) in [6.07, 6.45) is 1.36. The first-order chi connectivity index (χ1) is 12.6.